The van der Waals surface area contributed by atoms with Crippen molar-refractivity contribution in [1.29, 1.82) is 0 Å². The van der Waals surface area contributed by atoms with Gasteiger partial charge in [-0.15, -0.1) is 0 Å². The summed E-state index contributed by atoms with van der Waals surface area (Å²) in [6.07, 6.45) is -4.35. The van der Waals surface area contributed by atoms with Crippen LogP contribution >= 0.6 is 0 Å². The highest BCUT2D eigenvalue weighted by Gasteiger charge is 2.31. The SMILES string of the molecule is CC(C)c1nc2ccc(C(F)(F)F)cc2o1. The molecule has 1 heterocycles. The molecule has 1 aromatic carbocycles. The lowest BCUT2D eigenvalue weighted by Gasteiger charge is -2.04. The van der Waals surface area contributed by atoms with Crippen LogP contribution in [-0.4, -0.2) is 4.98 Å². The first-order valence-corrected chi connectivity index (χ1v) is 4.85. The second-order valence-corrected chi connectivity index (χ2v) is 3.89. The highest BCUT2D eigenvalue weighted by Crippen LogP contribution is 2.32. The molecule has 2 nitrogen and oxygen atoms in total. The minimum atomic E-state index is -4.35. The highest BCUT2D eigenvalue weighted by atomic mass is 19.4. The number of hydrogen-bond acceptors (Lipinski definition) is 2. The first-order valence-electron chi connectivity index (χ1n) is 4.85. The molecule has 16 heavy (non-hydrogen) atoms. The summed E-state index contributed by atoms with van der Waals surface area (Å²) in [6, 6.07) is 3.32. The van der Waals surface area contributed by atoms with Gasteiger partial charge in [-0.3, -0.25) is 0 Å². The van der Waals surface area contributed by atoms with E-state index < -0.39 is 11.7 Å². The van der Waals surface area contributed by atoms with Crippen LogP contribution in [0, 0.1) is 0 Å². The Bertz CT molecular complexity index is 513. The van der Waals surface area contributed by atoms with Crippen LogP contribution in [0.5, 0.6) is 0 Å². The summed E-state index contributed by atoms with van der Waals surface area (Å²) in [5.41, 5.74) is -0.0818. The van der Waals surface area contributed by atoms with Crippen molar-refractivity contribution >= 4 is 11.1 Å². The first-order chi connectivity index (χ1) is 7.38. The van der Waals surface area contributed by atoms with E-state index in [1.807, 2.05) is 13.8 Å². The Morgan fingerprint density at radius 3 is 2.50 bits per heavy atom. The van der Waals surface area contributed by atoms with E-state index in [0.717, 1.165) is 12.1 Å². The number of alkyl halides is 3. The zero-order valence-electron chi connectivity index (χ0n) is 8.80. The van der Waals surface area contributed by atoms with Gasteiger partial charge >= 0.3 is 6.18 Å². The summed E-state index contributed by atoms with van der Waals surface area (Å²) in [6.45, 7) is 3.74. The predicted molar refractivity (Wildman–Crippen MR) is 53.1 cm³/mol. The molecule has 0 amide bonds. The number of nitrogens with zero attached hydrogens (tertiary/aromatic N) is 1. The van der Waals surface area contributed by atoms with Crippen molar-refractivity contribution in [3.05, 3.63) is 29.7 Å². The van der Waals surface area contributed by atoms with E-state index in [4.69, 9.17) is 4.42 Å². The van der Waals surface area contributed by atoms with Crippen molar-refractivity contribution < 1.29 is 17.6 Å². The van der Waals surface area contributed by atoms with Crippen molar-refractivity contribution in [1.82, 2.24) is 4.98 Å². The van der Waals surface area contributed by atoms with Gasteiger partial charge in [-0.05, 0) is 18.2 Å². The molecular formula is C11H10F3NO. The fourth-order valence-electron chi connectivity index (χ4n) is 1.37. The lowest BCUT2D eigenvalue weighted by Crippen LogP contribution is -2.03. The van der Waals surface area contributed by atoms with Crippen LogP contribution < -0.4 is 0 Å². The normalized spacial score (nSPS) is 12.6. The third-order valence-corrected chi connectivity index (χ3v) is 2.23. The molecule has 0 spiro atoms. The molecule has 86 valence electrons. The van der Waals surface area contributed by atoms with Gasteiger partial charge in [0.05, 0.1) is 5.56 Å². The third kappa shape index (κ3) is 1.89. The second kappa shape index (κ2) is 3.50. The molecule has 5 heteroatoms. The molecule has 0 fully saturated rings. The molecule has 2 aromatic rings. The van der Waals surface area contributed by atoms with E-state index in [1.54, 1.807) is 0 Å². The summed E-state index contributed by atoms with van der Waals surface area (Å²) in [5, 5.41) is 0. The van der Waals surface area contributed by atoms with Crippen molar-refractivity contribution in [3.63, 3.8) is 0 Å². The third-order valence-electron chi connectivity index (χ3n) is 2.23. The minimum Gasteiger partial charge on any atom is -0.440 e. The number of halogens is 3. The van der Waals surface area contributed by atoms with Crippen LogP contribution in [0.3, 0.4) is 0 Å². The van der Waals surface area contributed by atoms with E-state index in [9.17, 15) is 13.2 Å². The molecule has 0 aliphatic rings. The average Bonchev–Trinajstić information content (AvgIpc) is 2.58. The van der Waals surface area contributed by atoms with Crippen LogP contribution in [0.25, 0.3) is 11.1 Å². The molecular weight excluding hydrogens is 219 g/mol. The van der Waals surface area contributed by atoms with Crippen molar-refractivity contribution in [2.45, 2.75) is 25.9 Å². The van der Waals surface area contributed by atoms with Gasteiger partial charge in [-0.1, -0.05) is 13.8 Å². The summed E-state index contributed by atoms with van der Waals surface area (Å²) < 4.78 is 42.5. The number of hydrogen-bond donors (Lipinski definition) is 0. The molecule has 0 unspecified atom stereocenters. The van der Waals surface area contributed by atoms with Gasteiger partial charge in [0.2, 0.25) is 0 Å². The van der Waals surface area contributed by atoms with Crippen LogP contribution in [0.15, 0.2) is 22.6 Å². The van der Waals surface area contributed by atoms with Crippen LogP contribution in [0.1, 0.15) is 31.2 Å². The Labute approximate surface area is 90.1 Å². The number of oxazole rings is 1. The van der Waals surface area contributed by atoms with E-state index >= 15 is 0 Å². The Balaban J connectivity index is 2.54. The second-order valence-electron chi connectivity index (χ2n) is 3.89. The molecule has 0 N–H and O–H groups in total. The van der Waals surface area contributed by atoms with E-state index in [2.05, 4.69) is 4.98 Å². The molecule has 0 saturated heterocycles. The monoisotopic (exact) mass is 229 g/mol. The Morgan fingerprint density at radius 2 is 1.94 bits per heavy atom. The van der Waals surface area contributed by atoms with Crippen LogP contribution in [0.2, 0.25) is 0 Å². The van der Waals surface area contributed by atoms with E-state index in [0.29, 0.717) is 11.4 Å². The highest BCUT2D eigenvalue weighted by molar-refractivity contribution is 5.73. The molecule has 1 aromatic heterocycles. The summed E-state index contributed by atoms with van der Waals surface area (Å²) in [4.78, 5) is 4.10. The minimum absolute atomic E-state index is 0.0572. The number of fused-ring (bicyclic) bond motifs is 1. The maximum absolute atomic E-state index is 12.4. The summed E-state index contributed by atoms with van der Waals surface area (Å²) >= 11 is 0. The zero-order valence-corrected chi connectivity index (χ0v) is 8.80. The van der Waals surface area contributed by atoms with Gasteiger partial charge in [0.15, 0.2) is 11.5 Å². The van der Waals surface area contributed by atoms with Gasteiger partial charge in [0, 0.05) is 5.92 Å². The van der Waals surface area contributed by atoms with Crippen molar-refractivity contribution in [3.8, 4) is 0 Å². The molecule has 0 atom stereocenters. The smallest absolute Gasteiger partial charge is 0.416 e. The van der Waals surface area contributed by atoms with E-state index in [1.165, 1.54) is 6.07 Å². The average molecular weight is 229 g/mol. The standard InChI is InChI=1S/C11H10F3NO/c1-6(2)10-15-8-4-3-7(11(12,13)14)5-9(8)16-10/h3-6H,1-2H3. The maximum Gasteiger partial charge on any atom is 0.416 e. The molecule has 2 rings (SSSR count). The molecule has 0 radical (unpaired) electrons. The van der Waals surface area contributed by atoms with Crippen LogP contribution in [0.4, 0.5) is 13.2 Å². The van der Waals surface area contributed by atoms with Gasteiger partial charge in [0.25, 0.3) is 0 Å². The fourth-order valence-corrected chi connectivity index (χ4v) is 1.37. The Morgan fingerprint density at radius 1 is 1.25 bits per heavy atom. The largest absolute Gasteiger partial charge is 0.440 e. The topological polar surface area (TPSA) is 26.0 Å². The van der Waals surface area contributed by atoms with Gasteiger partial charge in [0.1, 0.15) is 5.52 Å². The fraction of sp³-hybridized carbons (Fsp3) is 0.364. The Kier molecular flexibility index (Phi) is 2.40. The van der Waals surface area contributed by atoms with Crippen molar-refractivity contribution in [2.24, 2.45) is 0 Å². The Hall–Kier alpha value is -1.52. The number of rotatable bonds is 1. The lowest BCUT2D eigenvalue weighted by atomic mass is 10.2. The predicted octanol–water partition coefficient (Wildman–Crippen LogP) is 3.97. The zero-order chi connectivity index (χ0) is 11.9. The first kappa shape index (κ1) is 11.0. The van der Waals surface area contributed by atoms with Gasteiger partial charge in [-0.2, -0.15) is 13.2 Å². The summed E-state index contributed by atoms with van der Waals surface area (Å²) in [5.74, 6) is 0.510. The molecule has 0 saturated carbocycles. The molecule has 0 aliphatic carbocycles. The molecule has 0 aliphatic heterocycles. The van der Waals surface area contributed by atoms with Gasteiger partial charge < -0.3 is 4.42 Å². The maximum atomic E-state index is 12.4. The van der Waals surface area contributed by atoms with E-state index in [-0.39, 0.29) is 11.5 Å². The quantitative estimate of drug-likeness (QED) is 0.739. The summed E-state index contributed by atoms with van der Waals surface area (Å²) in [7, 11) is 0. The van der Waals surface area contributed by atoms with Crippen molar-refractivity contribution in [2.75, 3.05) is 0 Å². The van der Waals surface area contributed by atoms with Crippen LogP contribution in [-0.2, 0) is 6.18 Å². The number of aromatic nitrogens is 1. The lowest BCUT2D eigenvalue weighted by molar-refractivity contribution is -0.137. The van der Waals surface area contributed by atoms with Gasteiger partial charge in [-0.25, -0.2) is 4.98 Å². The number of benzene rings is 1. The molecule has 0 bridgehead atoms.